The maximum Gasteiger partial charge on any atom is 0.309 e. The zero-order valence-corrected chi connectivity index (χ0v) is 9.24. The van der Waals surface area contributed by atoms with Crippen LogP contribution in [0.4, 0.5) is 4.39 Å². The van der Waals surface area contributed by atoms with Gasteiger partial charge in [-0.05, 0) is 19.9 Å². The van der Waals surface area contributed by atoms with Gasteiger partial charge in [0.2, 0.25) is 0 Å². The summed E-state index contributed by atoms with van der Waals surface area (Å²) in [4.78, 5) is 14.8. The van der Waals surface area contributed by atoms with E-state index in [0.717, 1.165) is 12.3 Å². The van der Waals surface area contributed by atoms with Gasteiger partial charge in [-0.25, -0.2) is 4.39 Å². The number of carbonyl (C=O) groups is 1. The normalized spacial score (nSPS) is 14.2. The van der Waals surface area contributed by atoms with Crippen LogP contribution in [0.25, 0.3) is 0 Å². The van der Waals surface area contributed by atoms with Gasteiger partial charge in [0, 0.05) is 11.8 Å². The number of halogens is 1. The van der Waals surface area contributed by atoms with E-state index in [1.165, 1.54) is 13.1 Å². The molecule has 1 atom stereocenters. The number of ether oxygens (including phenoxy) is 1. The van der Waals surface area contributed by atoms with Gasteiger partial charge in [0.15, 0.2) is 0 Å². The first-order chi connectivity index (χ1) is 7.45. The van der Waals surface area contributed by atoms with Crippen LogP contribution < -0.4 is 0 Å². The van der Waals surface area contributed by atoms with Crippen LogP contribution in [0.2, 0.25) is 0 Å². The molecule has 0 aliphatic carbocycles. The van der Waals surface area contributed by atoms with Crippen LogP contribution >= 0.6 is 0 Å². The molecular weight excluding hydrogens is 213 g/mol. The number of nitrogens with zero attached hydrogens (tertiary/aromatic N) is 1. The summed E-state index contributed by atoms with van der Waals surface area (Å²) in [5.41, 5.74) is -1.22. The van der Waals surface area contributed by atoms with Crippen LogP contribution in [0, 0.1) is 5.82 Å². The van der Waals surface area contributed by atoms with E-state index in [4.69, 9.17) is 4.74 Å². The third-order valence-electron chi connectivity index (χ3n) is 2.12. The molecule has 0 spiro atoms. The maximum absolute atomic E-state index is 12.9. The molecule has 0 aliphatic rings. The number of hydrogen-bond acceptors (Lipinski definition) is 4. The molecule has 16 heavy (non-hydrogen) atoms. The molecule has 1 unspecified atom stereocenters. The standard InChI is InChI=1S/C11H14FNO3/c1-3-16-10(14)5-11(2,15)8-4-9(12)7-13-6-8/h4,6-7,15H,3,5H2,1-2H3. The minimum absolute atomic E-state index is 0.230. The van der Waals surface area contributed by atoms with E-state index >= 15 is 0 Å². The van der Waals surface area contributed by atoms with Gasteiger partial charge in [0.25, 0.3) is 0 Å². The Labute approximate surface area is 93.1 Å². The highest BCUT2D eigenvalue weighted by Crippen LogP contribution is 2.24. The van der Waals surface area contributed by atoms with Crippen LogP contribution in [0.5, 0.6) is 0 Å². The van der Waals surface area contributed by atoms with Gasteiger partial charge in [-0.3, -0.25) is 9.78 Å². The van der Waals surface area contributed by atoms with Gasteiger partial charge in [-0.1, -0.05) is 0 Å². The van der Waals surface area contributed by atoms with Crippen molar-refractivity contribution in [1.29, 1.82) is 0 Å². The van der Waals surface area contributed by atoms with Crippen molar-refractivity contribution >= 4 is 5.97 Å². The average molecular weight is 227 g/mol. The largest absolute Gasteiger partial charge is 0.466 e. The Morgan fingerprint density at radius 1 is 1.62 bits per heavy atom. The highest BCUT2D eigenvalue weighted by molar-refractivity contribution is 5.70. The SMILES string of the molecule is CCOC(=O)CC(C)(O)c1cncc(F)c1. The van der Waals surface area contributed by atoms with Crippen molar-refractivity contribution in [1.82, 2.24) is 4.98 Å². The third kappa shape index (κ3) is 3.27. The number of hydrogen-bond donors (Lipinski definition) is 1. The predicted molar refractivity (Wildman–Crippen MR) is 55.0 cm³/mol. The lowest BCUT2D eigenvalue weighted by Crippen LogP contribution is -2.26. The molecule has 0 saturated heterocycles. The van der Waals surface area contributed by atoms with Crippen molar-refractivity contribution in [2.75, 3.05) is 6.61 Å². The summed E-state index contributed by atoms with van der Waals surface area (Å²) in [6.45, 7) is 3.34. The molecule has 0 amide bonds. The van der Waals surface area contributed by atoms with Crippen molar-refractivity contribution in [2.24, 2.45) is 0 Å². The van der Waals surface area contributed by atoms with Crippen molar-refractivity contribution in [3.63, 3.8) is 0 Å². The van der Waals surface area contributed by atoms with E-state index in [1.807, 2.05) is 0 Å². The van der Waals surface area contributed by atoms with Crippen LogP contribution in [0.3, 0.4) is 0 Å². The average Bonchev–Trinajstić information content (AvgIpc) is 2.17. The zero-order chi connectivity index (χ0) is 12.2. The summed E-state index contributed by atoms with van der Waals surface area (Å²) >= 11 is 0. The molecule has 4 nitrogen and oxygen atoms in total. The topological polar surface area (TPSA) is 59.4 Å². The molecule has 1 rings (SSSR count). The van der Waals surface area contributed by atoms with E-state index in [-0.39, 0.29) is 18.6 Å². The van der Waals surface area contributed by atoms with Crippen molar-refractivity contribution < 1.29 is 19.0 Å². The smallest absolute Gasteiger partial charge is 0.309 e. The summed E-state index contributed by atoms with van der Waals surface area (Å²) in [5.74, 6) is -1.08. The van der Waals surface area contributed by atoms with E-state index < -0.39 is 17.4 Å². The molecule has 0 saturated carbocycles. The Balaban J connectivity index is 2.81. The summed E-state index contributed by atoms with van der Waals surface area (Å²) in [7, 11) is 0. The van der Waals surface area contributed by atoms with Gasteiger partial charge in [0.1, 0.15) is 5.82 Å². The second-order valence-electron chi connectivity index (χ2n) is 3.65. The summed E-state index contributed by atoms with van der Waals surface area (Å²) in [6.07, 6.45) is 2.12. The first-order valence-electron chi connectivity index (χ1n) is 4.94. The van der Waals surface area contributed by atoms with Gasteiger partial charge in [-0.15, -0.1) is 0 Å². The summed E-state index contributed by atoms with van der Waals surface area (Å²) in [6, 6.07) is 1.15. The molecule has 1 N–H and O–H groups in total. The molecule has 1 aromatic heterocycles. The van der Waals surface area contributed by atoms with Crippen molar-refractivity contribution in [2.45, 2.75) is 25.9 Å². The molecule has 5 heteroatoms. The fraction of sp³-hybridized carbons (Fsp3) is 0.455. The molecular formula is C11H14FNO3. The third-order valence-corrected chi connectivity index (χ3v) is 2.12. The first kappa shape index (κ1) is 12.6. The van der Waals surface area contributed by atoms with Crippen LogP contribution in [-0.4, -0.2) is 22.7 Å². The van der Waals surface area contributed by atoms with Crippen LogP contribution in [0.15, 0.2) is 18.5 Å². The van der Waals surface area contributed by atoms with E-state index in [1.54, 1.807) is 6.92 Å². The fourth-order valence-electron chi connectivity index (χ4n) is 1.30. The number of aromatic nitrogens is 1. The zero-order valence-electron chi connectivity index (χ0n) is 9.24. The number of aliphatic hydroxyl groups is 1. The lowest BCUT2D eigenvalue weighted by atomic mass is 9.94. The van der Waals surface area contributed by atoms with E-state index in [2.05, 4.69) is 4.98 Å². The van der Waals surface area contributed by atoms with Crippen LogP contribution in [0.1, 0.15) is 25.8 Å². The van der Waals surface area contributed by atoms with Crippen LogP contribution in [-0.2, 0) is 15.1 Å². The lowest BCUT2D eigenvalue weighted by Gasteiger charge is -2.22. The molecule has 0 aromatic carbocycles. The monoisotopic (exact) mass is 227 g/mol. The molecule has 88 valence electrons. The van der Waals surface area contributed by atoms with Gasteiger partial charge >= 0.3 is 5.97 Å². The lowest BCUT2D eigenvalue weighted by molar-refractivity contribution is -0.148. The summed E-state index contributed by atoms with van der Waals surface area (Å²) < 4.78 is 17.6. The van der Waals surface area contributed by atoms with Gasteiger partial charge in [0.05, 0.1) is 24.8 Å². The van der Waals surface area contributed by atoms with E-state index in [0.29, 0.717) is 0 Å². The van der Waals surface area contributed by atoms with Gasteiger partial charge < -0.3 is 9.84 Å². The highest BCUT2D eigenvalue weighted by Gasteiger charge is 2.28. The molecule has 1 heterocycles. The Morgan fingerprint density at radius 2 is 2.31 bits per heavy atom. The minimum atomic E-state index is -1.47. The van der Waals surface area contributed by atoms with Gasteiger partial charge in [-0.2, -0.15) is 0 Å². The molecule has 0 bridgehead atoms. The maximum atomic E-state index is 12.9. The second-order valence-corrected chi connectivity index (χ2v) is 3.65. The molecule has 1 aromatic rings. The minimum Gasteiger partial charge on any atom is -0.466 e. The van der Waals surface area contributed by atoms with E-state index in [9.17, 15) is 14.3 Å². The number of rotatable bonds is 4. The predicted octanol–water partition coefficient (Wildman–Crippen LogP) is 1.38. The second kappa shape index (κ2) is 5.03. The number of pyridine rings is 1. The molecule has 0 fully saturated rings. The Kier molecular flexibility index (Phi) is 3.95. The first-order valence-corrected chi connectivity index (χ1v) is 4.94. The number of carbonyl (C=O) groups excluding carboxylic acids is 1. The molecule has 0 aliphatic heterocycles. The Morgan fingerprint density at radius 3 is 2.88 bits per heavy atom. The fourth-order valence-corrected chi connectivity index (χ4v) is 1.30. The Hall–Kier alpha value is -1.49. The molecule has 0 radical (unpaired) electrons. The highest BCUT2D eigenvalue weighted by atomic mass is 19.1. The number of esters is 1. The quantitative estimate of drug-likeness (QED) is 0.789. The summed E-state index contributed by atoms with van der Waals surface area (Å²) in [5, 5.41) is 10.00. The van der Waals surface area contributed by atoms with Crippen molar-refractivity contribution in [3.8, 4) is 0 Å². The Bertz CT molecular complexity index is 379. The van der Waals surface area contributed by atoms with Crippen molar-refractivity contribution in [3.05, 3.63) is 29.8 Å².